The molecule has 1 N–H and O–H groups in total. The number of nitrogens with zero attached hydrogens (tertiary/aromatic N) is 1. The number of amides is 1. The molecule has 0 saturated heterocycles. The Balaban J connectivity index is 1.85. The fourth-order valence-electron chi connectivity index (χ4n) is 2.93. The number of furan rings is 1. The Kier molecular flexibility index (Phi) is 6.95. The van der Waals surface area contributed by atoms with Gasteiger partial charge in [-0.15, -0.1) is 0 Å². The lowest BCUT2D eigenvalue weighted by Gasteiger charge is -2.16. The number of benzene rings is 2. The van der Waals surface area contributed by atoms with Crippen LogP contribution in [-0.2, 0) is 0 Å². The largest absolute Gasteiger partial charge is 0.490 e. The van der Waals surface area contributed by atoms with Crippen molar-refractivity contribution in [3.05, 3.63) is 53.8 Å². The summed E-state index contributed by atoms with van der Waals surface area (Å²) in [7, 11) is 0. The second kappa shape index (κ2) is 9.82. The van der Waals surface area contributed by atoms with Gasteiger partial charge in [0, 0.05) is 10.9 Å². The number of hydrazone groups is 1. The molecular formula is C23H26N2O5. The molecule has 0 atom stereocenters. The van der Waals surface area contributed by atoms with Gasteiger partial charge in [0.15, 0.2) is 17.3 Å². The summed E-state index contributed by atoms with van der Waals surface area (Å²) < 4.78 is 22.8. The van der Waals surface area contributed by atoms with Gasteiger partial charge < -0.3 is 18.6 Å². The first-order chi connectivity index (χ1) is 14.6. The Labute approximate surface area is 175 Å². The van der Waals surface area contributed by atoms with Crippen molar-refractivity contribution >= 4 is 22.6 Å². The predicted molar refractivity (Wildman–Crippen MR) is 116 cm³/mol. The second-order valence-electron chi connectivity index (χ2n) is 6.39. The molecule has 1 heterocycles. The molecule has 0 unspecified atom stereocenters. The maximum atomic E-state index is 12.7. The average molecular weight is 410 g/mol. The summed E-state index contributed by atoms with van der Waals surface area (Å²) >= 11 is 0. The number of nitrogens with one attached hydrogen (secondary N) is 1. The van der Waals surface area contributed by atoms with E-state index in [2.05, 4.69) is 10.5 Å². The molecule has 1 aromatic heterocycles. The lowest BCUT2D eigenvalue weighted by Crippen LogP contribution is -2.19. The number of hydrogen-bond acceptors (Lipinski definition) is 6. The zero-order valence-electron chi connectivity index (χ0n) is 17.7. The van der Waals surface area contributed by atoms with Gasteiger partial charge in [-0.2, -0.15) is 5.10 Å². The van der Waals surface area contributed by atoms with E-state index >= 15 is 0 Å². The van der Waals surface area contributed by atoms with Crippen LogP contribution in [0.1, 0.15) is 43.8 Å². The van der Waals surface area contributed by atoms with Crippen LogP contribution in [-0.4, -0.2) is 31.4 Å². The highest BCUT2D eigenvalue weighted by Gasteiger charge is 2.18. The first-order valence-electron chi connectivity index (χ1n) is 9.97. The number of carbonyl (C=O) groups excluding carboxylic acids is 1. The van der Waals surface area contributed by atoms with Crippen LogP contribution in [0.2, 0.25) is 0 Å². The molecule has 1 amide bonds. The van der Waals surface area contributed by atoms with Gasteiger partial charge in [-0.1, -0.05) is 18.2 Å². The summed E-state index contributed by atoms with van der Waals surface area (Å²) in [6.45, 7) is 8.69. The van der Waals surface area contributed by atoms with Gasteiger partial charge in [-0.25, -0.2) is 5.43 Å². The number of ether oxygens (including phenoxy) is 3. The molecule has 0 fully saturated rings. The summed E-state index contributed by atoms with van der Waals surface area (Å²) in [4.78, 5) is 12.7. The molecule has 0 aliphatic heterocycles. The van der Waals surface area contributed by atoms with Crippen LogP contribution in [0.15, 0.2) is 52.0 Å². The maximum Gasteiger partial charge on any atom is 0.271 e. The molecule has 7 heteroatoms. The molecule has 0 radical (unpaired) electrons. The normalized spacial score (nSPS) is 11.4. The zero-order valence-corrected chi connectivity index (χ0v) is 17.7. The molecule has 7 nitrogen and oxygen atoms in total. The highest BCUT2D eigenvalue weighted by molar-refractivity contribution is 6.01. The van der Waals surface area contributed by atoms with Crippen LogP contribution in [0.5, 0.6) is 17.2 Å². The van der Waals surface area contributed by atoms with E-state index in [4.69, 9.17) is 18.6 Å². The minimum absolute atomic E-state index is 0.353. The Hall–Kier alpha value is -3.48. The maximum absolute atomic E-state index is 12.7. The Morgan fingerprint density at radius 1 is 0.967 bits per heavy atom. The van der Waals surface area contributed by atoms with Crippen LogP contribution < -0.4 is 19.6 Å². The number of para-hydroxylation sites is 1. The number of hydrogen-bond donors (Lipinski definition) is 1. The summed E-state index contributed by atoms with van der Waals surface area (Å²) in [6, 6.07) is 12.8. The minimum Gasteiger partial charge on any atom is -0.490 e. The molecule has 0 bridgehead atoms. The Morgan fingerprint density at radius 2 is 1.60 bits per heavy atom. The summed E-state index contributed by atoms with van der Waals surface area (Å²) in [5.41, 5.74) is 4.24. The van der Waals surface area contributed by atoms with E-state index in [-0.39, 0.29) is 0 Å². The van der Waals surface area contributed by atoms with Crippen molar-refractivity contribution in [2.45, 2.75) is 27.7 Å². The van der Waals surface area contributed by atoms with E-state index in [1.54, 1.807) is 19.1 Å². The number of fused-ring (bicyclic) bond motifs is 1. The van der Waals surface area contributed by atoms with Gasteiger partial charge in [-0.05, 0) is 52.0 Å². The molecular weight excluding hydrogens is 384 g/mol. The van der Waals surface area contributed by atoms with Crippen molar-refractivity contribution in [3.8, 4) is 17.2 Å². The molecule has 0 spiro atoms. The van der Waals surface area contributed by atoms with Crippen molar-refractivity contribution in [2.75, 3.05) is 19.8 Å². The van der Waals surface area contributed by atoms with Crippen molar-refractivity contribution in [2.24, 2.45) is 5.10 Å². The highest BCUT2D eigenvalue weighted by Crippen LogP contribution is 2.39. The van der Waals surface area contributed by atoms with Gasteiger partial charge in [-0.3, -0.25) is 4.79 Å². The third kappa shape index (κ3) is 4.74. The topological polar surface area (TPSA) is 82.3 Å². The van der Waals surface area contributed by atoms with Crippen LogP contribution >= 0.6 is 0 Å². The van der Waals surface area contributed by atoms with E-state index in [1.165, 1.54) is 0 Å². The summed E-state index contributed by atoms with van der Waals surface area (Å²) in [5.74, 6) is 1.59. The van der Waals surface area contributed by atoms with Gasteiger partial charge in [0.1, 0.15) is 11.3 Å². The molecule has 158 valence electrons. The van der Waals surface area contributed by atoms with Crippen molar-refractivity contribution < 1.29 is 23.4 Å². The third-order valence-electron chi connectivity index (χ3n) is 4.28. The standard InChI is InChI=1S/C23H26N2O5/c1-5-27-20-13-17(14-21(28-6-2)22(20)29-7-3)23(26)25-24-15(4)19-12-16-10-8-9-11-18(16)30-19/h8-14H,5-7H2,1-4H3,(H,25,26)/b24-15-. The second-order valence-corrected chi connectivity index (χ2v) is 6.39. The third-order valence-corrected chi connectivity index (χ3v) is 4.28. The average Bonchev–Trinajstić information content (AvgIpc) is 3.18. The first kappa shape index (κ1) is 21.2. The van der Waals surface area contributed by atoms with E-state index in [0.717, 1.165) is 11.0 Å². The fourth-order valence-corrected chi connectivity index (χ4v) is 2.93. The summed E-state index contributed by atoms with van der Waals surface area (Å²) in [5, 5.41) is 5.16. The predicted octanol–water partition coefficient (Wildman–Crippen LogP) is 4.78. The fraction of sp³-hybridized carbons (Fsp3) is 0.304. The first-order valence-corrected chi connectivity index (χ1v) is 9.97. The monoisotopic (exact) mass is 410 g/mol. The van der Waals surface area contributed by atoms with Crippen LogP contribution in [0.25, 0.3) is 11.0 Å². The molecule has 3 aromatic rings. The van der Waals surface area contributed by atoms with E-state index in [1.807, 2.05) is 51.1 Å². The van der Waals surface area contributed by atoms with E-state index < -0.39 is 5.91 Å². The van der Waals surface area contributed by atoms with Crippen LogP contribution in [0.3, 0.4) is 0 Å². The van der Waals surface area contributed by atoms with Gasteiger partial charge in [0.2, 0.25) is 5.75 Å². The van der Waals surface area contributed by atoms with E-state index in [9.17, 15) is 4.79 Å². The van der Waals surface area contributed by atoms with Crippen molar-refractivity contribution in [3.63, 3.8) is 0 Å². The lowest BCUT2D eigenvalue weighted by molar-refractivity contribution is 0.0953. The van der Waals surface area contributed by atoms with Crippen LogP contribution in [0, 0.1) is 0 Å². The number of rotatable bonds is 9. The Morgan fingerprint density at radius 3 is 2.20 bits per heavy atom. The van der Waals surface area contributed by atoms with Gasteiger partial charge in [0.25, 0.3) is 5.91 Å². The van der Waals surface area contributed by atoms with Crippen LogP contribution in [0.4, 0.5) is 0 Å². The lowest BCUT2D eigenvalue weighted by atomic mass is 10.1. The van der Waals surface area contributed by atoms with Crippen molar-refractivity contribution in [1.82, 2.24) is 5.43 Å². The smallest absolute Gasteiger partial charge is 0.271 e. The molecule has 2 aromatic carbocycles. The molecule has 0 saturated carbocycles. The highest BCUT2D eigenvalue weighted by atomic mass is 16.5. The number of carbonyl (C=O) groups is 1. The zero-order chi connectivity index (χ0) is 21.5. The quantitative estimate of drug-likeness (QED) is 0.405. The molecule has 3 rings (SSSR count). The van der Waals surface area contributed by atoms with Gasteiger partial charge >= 0.3 is 0 Å². The minimum atomic E-state index is -0.393. The molecule has 0 aliphatic rings. The van der Waals surface area contributed by atoms with Crippen molar-refractivity contribution in [1.29, 1.82) is 0 Å². The molecule has 0 aliphatic carbocycles. The van der Waals surface area contributed by atoms with E-state index in [0.29, 0.717) is 54.1 Å². The molecule has 30 heavy (non-hydrogen) atoms. The summed E-state index contributed by atoms with van der Waals surface area (Å²) in [6.07, 6.45) is 0. The Bertz CT molecular complexity index is 995. The van der Waals surface area contributed by atoms with Gasteiger partial charge in [0.05, 0.1) is 19.8 Å². The SMILES string of the molecule is CCOc1cc(C(=O)N/N=C(/C)c2cc3ccccc3o2)cc(OCC)c1OCC.